The predicted molar refractivity (Wildman–Crippen MR) is 91.3 cm³/mol. The predicted octanol–water partition coefficient (Wildman–Crippen LogP) is 3.74. The molecular formula is C19H26N2O2. The first-order chi connectivity index (χ1) is 11.0. The Morgan fingerprint density at radius 1 is 1.22 bits per heavy atom. The highest BCUT2D eigenvalue weighted by Gasteiger charge is 2.16. The Bertz CT molecular complexity index is 629. The molecule has 0 aliphatic rings. The van der Waals surface area contributed by atoms with Crippen molar-refractivity contribution in [1.29, 1.82) is 0 Å². The lowest BCUT2D eigenvalue weighted by Crippen LogP contribution is -2.16. The number of aryl methyl sites for hydroxylation is 1. The summed E-state index contributed by atoms with van der Waals surface area (Å²) in [6.45, 7) is 9.24. The molecule has 1 aromatic carbocycles. The van der Waals surface area contributed by atoms with Gasteiger partial charge in [0.25, 0.3) is 0 Å². The van der Waals surface area contributed by atoms with Gasteiger partial charge in [0.2, 0.25) is 0 Å². The molecule has 0 fully saturated rings. The maximum absolute atomic E-state index is 12.2. The third-order valence-corrected chi connectivity index (χ3v) is 3.98. The van der Waals surface area contributed by atoms with Gasteiger partial charge in [-0.3, -0.25) is 4.79 Å². The summed E-state index contributed by atoms with van der Waals surface area (Å²) in [7, 11) is 0. The lowest BCUT2D eigenvalue weighted by molar-refractivity contribution is -0.145. The third-order valence-electron chi connectivity index (χ3n) is 3.98. The molecule has 0 saturated heterocycles. The molecule has 0 N–H and O–H groups in total. The largest absolute Gasteiger partial charge is 0.463 e. The van der Waals surface area contributed by atoms with E-state index >= 15 is 0 Å². The summed E-state index contributed by atoms with van der Waals surface area (Å²) >= 11 is 0. The number of carbonyl (C=O) groups is 1. The number of hydrogen-bond acceptors (Lipinski definition) is 3. The van der Waals surface area contributed by atoms with Gasteiger partial charge in [0.1, 0.15) is 12.4 Å². The van der Waals surface area contributed by atoms with Gasteiger partial charge >= 0.3 is 5.97 Å². The van der Waals surface area contributed by atoms with Crippen molar-refractivity contribution in [2.75, 3.05) is 6.61 Å². The molecule has 4 nitrogen and oxygen atoms in total. The first-order valence-electron chi connectivity index (χ1n) is 8.20. The van der Waals surface area contributed by atoms with Gasteiger partial charge in [-0.25, -0.2) is 4.98 Å². The zero-order valence-electron chi connectivity index (χ0n) is 14.5. The Balaban J connectivity index is 1.85. The highest BCUT2D eigenvalue weighted by atomic mass is 16.5. The molecule has 4 heteroatoms. The molecular weight excluding hydrogens is 288 g/mol. The normalized spacial score (nSPS) is 12.4. The second-order valence-corrected chi connectivity index (χ2v) is 6.40. The molecule has 0 aliphatic heterocycles. The van der Waals surface area contributed by atoms with E-state index < -0.39 is 0 Å². The fourth-order valence-corrected chi connectivity index (χ4v) is 2.56. The summed E-state index contributed by atoms with van der Waals surface area (Å²) < 4.78 is 7.36. The average molecular weight is 314 g/mol. The molecule has 124 valence electrons. The Kier molecular flexibility index (Phi) is 5.97. The van der Waals surface area contributed by atoms with Crippen LogP contribution in [-0.4, -0.2) is 22.1 Å². The van der Waals surface area contributed by atoms with Gasteiger partial charge < -0.3 is 9.30 Å². The number of carbonyl (C=O) groups excluding carboxylic acids is 1. The standard InChI is InChI=1S/C19H26N2O2/c1-14(2)13-17-5-7-18(8-6-17)15(3)19(22)23-12-11-21-10-9-20-16(21)4/h5-10,14-15H,11-13H2,1-4H3/t15-/m1/s1. The smallest absolute Gasteiger partial charge is 0.313 e. The number of esters is 1. The molecule has 1 aromatic heterocycles. The topological polar surface area (TPSA) is 44.1 Å². The van der Waals surface area contributed by atoms with Crippen LogP contribution in [0, 0.1) is 12.8 Å². The van der Waals surface area contributed by atoms with Crippen LogP contribution in [0.25, 0.3) is 0 Å². The molecule has 1 heterocycles. The highest BCUT2D eigenvalue weighted by molar-refractivity contribution is 5.77. The van der Waals surface area contributed by atoms with Crippen molar-refractivity contribution in [3.8, 4) is 0 Å². The lowest BCUT2D eigenvalue weighted by Gasteiger charge is -2.13. The number of nitrogens with zero attached hydrogens (tertiary/aromatic N) is 2. The zero-order valence-corrected chi connectivity index (χ0v) is 14.5. The van der Waals surface area contributed by atoms with Crippen LogP contribution in [0.2, 0.25) is 0 Å². The third kappa shape index (κ3) is 4.95. The lowest BCUT2D eigenvalue weighted by atomic mass is 9.97. The van der Waals surface area contributed by atoms with Crippen molar-refractivity contribution in [3.63, 3.8) is 0 Å². The minimum Gasteiger partial charge on any atom is -0.463 e. The number of hydrogen-bond donors (Lipinski definition) is 0. The molecule has 0 aliphatic carbocycles. The van der Waals surface area contributed by atoms with Crippen LogP contribution in [0.1, 0.15) is 43.6 Å². The molecule has 2 aromatic rings. The highest BCUT2D eigenvalue weighted by Crippen LogP contribution is 2.19. The van der Waals surface area contributed by atoms with Crippen LogP contribution in [0.5, 0.6) is 0 Å². The van der Waals surface area contributed by atoms with E-state index in [2.05, 4.69) is 31.0 Å². The second kappa shape index (κ2) is 7.95. The van der Waals surface area contributed by atoms with E-state index in [9.17, 15) is 4.79 Å². The summed E-state index contributed by atoms with van der Waals surface area (Å²) in [4.78, 5) is 16.3. The van der Waals surface area contributed by atoms with Crippen LogP contribution in [0.15, 0.2) is 36.7 Å². The monoisotopic (exact) mass is 314 g/mol. The van der Waals surface area contributed by atoms with Crippen LogP contribution in [-0.2, 0) is 22.5 Å². The summed E-state index contributed by atoms with van der Waals surface area (Å²) in [6.07, 6.45) is 4.70. The maximum Gasteiger partial charge on any atom is 0.313 e. The van der Waals surface area contributed by atoms with E-state index in [-0.39, 0.29) is 11.9 Å². The van der Waals surface area contributed by atoms with Crippen LogP contribution in [0.3, 0.4) is 0 Å². The molecule has 23 heavy (non-hydrogen) atoms. The number of ether oxygens (including phenoxy) is 1. The van der Waals surface area contributed by atoms with Crippen LogP contribution < -0.4 is 0 Å². The van der Waals surface area contributed by atoms with Crippen molar-refractivity contribution in [2.24, 2.45) is 5.92 Å². The van der Waals surface area contributed by atoms with Crippen molar-refractivity contribution in [2.45, 2.75) is 46.6 Å². The number of rotatable bonds is 7. The fourth-order valence-electron chi connectivity index (χ4n) is 2.56. The molecule has 0 bridgehead atoms. The van der Waals surface area contributed by atoms with Crippen molar-refractivity contribution < 1.29 is 9.53 Å². The molecule has 2 rings (SSSR count). The van der Waals surface area contributed by atoms with Gasteiger partial charge in [-0.2, -0.15) is 0 Å². The fraction of sp³-hybridized carbons (Fsp3) is 0.474. The number of aromatic nitrogens is 2. The van der Waals surface area contributed by atoms with E-state index in [4.69, 9.17) is 4.74 Å². The van der Waals surface area contributed by atoms with Gasteiger partial charge in [-0.1, -0.05) is 38.1 Å². The van der Waals surface area contributed by atoms with E-state index in [1.807, 2.05) is 36.7 Å². The number of benzene rings is 1. The summed E-state index contributed by atoms with van der Waals surface area (Å²) in [5, 5.41) is 0. The Morgan fingerprint density at radius 3 is 2.48 bits per heavy atom. The van der Waals surface area contributed by atoms with Crippen LogP contribution >= 0.6 is 0 Å². The average Bonchev–Trinajstić information content (AvgIpc) is 2.92. The summed E-state index contributed by atoms with van der Waals surface area (Å²) in [5.74, 6) is 1.14. The maximum atomic E-state index is 12.2. The van der Waals surface area contributed by atoms with E-state index in [1.165, 1.54) is 5.56 Å². The first-order valence-corrected chi connectivity index (χ1v) is 8.20. The molecule has 0 amide bonds. The van der Waals surface area contributed by atoms with Crippen LogP contribution in [0.4, 0.5) is 0 Å². The van der Waals surface area contributed by atoms with E-state index in [0.717, 1.165) is 17.8 Å². The van der Waals surface area contributed by atoms with Crippen molar-refractivity contribution in [1.82, 2.24) is 9.55 Å². The van der Waals surface area contributed by atoms with Gasteiger partial charge in [0, 0.05) is 12.4 Å². The molecule has 0 saturated carbocycles. The SMILES string of the molecule is Cc1nccn1CCOC(=O)[C@H](C)c1ccc(CC(C)C)cc1. The van der Waals surface area contributed by atoms with Gasteiger partial charge in [-0.05, 0) is 37.3 Å². The van der Waals surface area contributed by atoms with Gasteiger partial charge in [0.05, 0.1) is 12.5 Å². The Morgan fingerprint density at radius 2 is 1.91 bits per heavy atom. The molecule has 0 unspecified atom stereocenters. The Labute approximate surface area is 138 Å². The van der Waals surface area contributed by atoms with Gasteiger partial charge in [-0.15, -0.1) is 0 Å². The summed E-state index contributed by atoms with van der Waals surface area (Å²) in [6, 6.07) is 8.27. The van der Waals surface area contributed by atoms with E-state index in [1.54, 1.807) is 6.20 Å². The zero-order chi connectivity index (χ0) is 16.8. The van der Waals surface area contributed by atoms with Gasteiger partial charge in [0.15, 0.2) is 0 Å². The first kappa shape index (κ1) is 17.3. The minimum absolute atomic E-state index is 0.181. The second-order valence-electron chi connectivity index (χ2n) is 6.40. The number of imidazole rings is 1. The minimum atomic E-state index is -0.244. The quantitative estimate of drug-likeness (QED) is 0.731. The van der Waals surface area contributed by atoms with Crippen molar-refractivity contribution >= 4 is 5.97 Å². The van der Waals surface area contributed by atoms with Crippen molar-refractivity contribution in [3.05, 3.63) is 53.6 Å². The Hall–Kier alpha value is -2.10. The molecule has 0 radical (unpaired) electrons. The molecule has 0 spiro atoms. The summed E-state index contributed by atoms with van der Waals surface area (Å²) in [5.41, 5.74) is 2.31. The molecule has 1 atom stereocenters. The van der Waals surface area contributed by atoms with E-state index in [0.29, 0.717) is 19.1 Å².